The van der Waals surface area contributed by atoms with Crippen molar-refractivity contribution < 1.29 is 18.7 Å². The molecule has 3 aromatic carbocycles. The second kappa shape index (κ2) is 13.8. The van der Waals surface area contributed by atoms with E-state index < -0.39 is 0 Å². The van der Waals surface area contributed by atoms with Crippen LogP contribution in [-0.2, 0) is 21.5 Å². The molecule has 2 amide bonds. The molecule has 0 bridgehead atoms. The van der Waals surface area contributed by atoms with Crippen LogP contribution >= 0.6 is 23.4 Å². The summed E-state index contributed by atoms with van der Waals surface area (Å²) in [5.74, 6) is 0.501. The van der Waals surface area contributed by atoms with Crippen molar-refractivity contribution in [2.24, 2.45) is 10.2 Å². The van der Waals surface area contributed by atoms with E-state index in [2.05, 4.69) is 48.4 Å². The van der Waals surface area contributed by atoms with E-state index in [1.54, 1.807) is 67.1 Å². The standard InChI is InChI=1S/C34H31ClN4O4S/c1-34(2,3)25-12-10-23(11-13-25)20-36-38-33-39(21-28-8-6-18-42-28)32(41)30(44-33)19-24-7-4-5-9-29(24)43-22-31(40)37-27-16-14-26(35)15-17-27/h4-20H,21-22H2,1-3H3,(H,37,40)/b30-19-,36-20+,38-33-. The molecular formula is C34H31ClN4O4S. The summed E-state index contributed by atoms with van der Waals surface area (Å²) in [6.07, 6.45) is 4.95. The van der Waals surface area contributed by atoms with E-state index in [0.29, 0.717) is 37.9 Å². The van der Waals surface area contributed by atoms with Gasteiger partial charge in [-0.25, -0.2) is 0 Å². The Bertz CT molecular complexity index is 1710. The molecule has 10 heteroatoms. The van der Waals surface area contributed by atoms with Crippen LogP contribution < -0.4 is 10.1 Å². The molecule has 0 radical (unpaired) electrons. The molecule has 0 atom stereocenters. The SMILES string of the molecule is CC(C)(C)c1ccc(/C=N/N=C2\S/C(=C\c3ccccc3OCC(=O)Nc3ccc(Cl)cc3)C(=O)N2Cc2ccco2)cc1. The van der Waals surface area contributed by atoms with Crippen molar-refractivity contribution in [2.75, 3.05) is 11.9 Å². The second-order valence-corrected chi connectivity index (χ2v) is 12.4. The molecule has 1 aliphatic heterocycles. The molecule has 1 N–H and O–H groups in total. The summed E-state index contributed by atoms with van der Waals surface area (Å²) in [5, 5.41) is 12.5. The average molecular weight is 627 g/mol. The van der Waals surface area contributed by atoms with E-state index in [1.165, 1.54) is 22.2 Å². The summed E-state index contributed by atoms with van der Waals surface area (Å²) in [6, 6.07) is 25.7. The molecule has 0 unspecified atom stereocenters. The third-order valence-electron chi connectivity index (χ3n) is 6.60. The molecule has 8 nitrogen and oxygen atoms in total. The monoisotopic (exact) mass is 626 g/mol. The number of para-hydroxylation sites is 1. The van der Waals surface area contributed by atoms with Crippen LogP contribution in [0.1, 0.15) is 43.2 Å². The molecule has 44 heavy (non-hydrogen) atoms. The van der Waals surface area contributed by atoms with E-state index in [-0.39, 0.29) is 30.4 Å². The zero-order valence-electron chi connectivity index (χ0n) is 24.5. The lowest BCUT2D eigenvalue weighted by atomic mass is 9.87. The highest BCUT2D eigenvalue weighted by Gasteiger charge is 2.34. The van der Waals surface area contributed by atoms with E-state index in [9.17, 15) is 9.59 Å². The van der Waals surface area contributed by atoms with Gasteiger partial charge in [-0.3, -0.25) is 14.5 Å². The number of benzene rings is 3. The topological polar surface area (TPSA) is 96.5 Å². The molecular weight excluding hydrogens is 596 g/mol. The Hall–Kier alpha value is -4.60. The normalized spacial score (nSPS) is 15.5. The van der Waals surface area contributed by atoms with E-state index in [1.807, 2.05) is 24.3 Å². The van der Waals surface area contributed by atoms with Crippen molar-refractivity contribution in [3.05, 3.63) is 124 Å². The van der Waals surface area contributed by atoms with Gasteiger partial charge in [-0.05, 0) is 76.8 Å². The average Bonchev–Trinajstić information content (AvgIpc) is 3.62. The van der Waals surface area contributed by atoms with Crippen molar-refractivity contribution >= 4 is 58.3 Å². The number of hydrogen-bond donors (Lipinski definition) is 1. The fourth-order valence-electron chi connectivity index (χ4n) is 4.24. The lowest BCUT2D eigenvalue weighted by Crippen LogP contribution is -2.28. The van der Waals surface area contributed by atoms with Crippen LogP contribution in [0, 0.1) is 0 Å². The number of nitrogens with one attached hydrogen (secondary N) is 1. The van der Waals surface area contributed by atoms with E-state index in [0.717, 1.165) is 5.56 Å². The molecule has 224 valence electrons. The highest BCUT2D eigenvalue weighted by molar-refractivity contribution is 8.18. The number of nitrogens with zero attached hydrogens (tertiary/aromatic N) is 3. The predicted molar refractivity (Wildman–Crippen MR) is 177 cm³/mol. The Morgan fingerprint density at radius 1 is 1.02 bits per heavy atom. The third kappa shape index (κ3) is 8.06. The largest absolute Gasteiger partial charge is 0.483 e. The number of anilines is 1. The molecule has 1 aromatic heterocycles. The third-order valence-corrected chi connectivity index (χ3v) is 7.85. The first-order chi connectivity index (χ1) is 21.2. The molecule has 1 saturated heterocycles. The number of halogens is 1. The smallest absolute Gasteiger partial charge is 0.267 e. The van der Waals surface area contributed by atoms with Crippen molar-refractivity contribution in [1.29, 1.82) is 0 Å². The quantitative estimate of drug-likeness (QED) is 0.116. The zero-order chi connectivity index (χ0) is 31.1. The zero-order valence-corrected chi connectivity index (χ0v) is 26.1. The fourth-order valence-corrected chi connectivity index (χ4v) is 5.29. The van der Waals surface area contributed by atoms with Gasteiger partial charge in [0.1, 0.15) is 11.5 Å². The van der Waals surface area contributed by atoms with Crippen LogP contribution in [0.25, 0.3) is 6.08 Å². The Labute approximate surface area is 265 Å². The second-order valence-electron chi connectivity index (χ2n) is 11.0. The molecule has 4 aromatic rings. The Balaban J connectivity index is 1.33. The number of carbonyl (C=O) groups excluding carboxylic acids is 2. The van der Waals surface area contributed by atoms with Gasteiger partial charge in [0.25, 0.3) is 11.8 Å². The summed E-state index contributed by atoms with van der Waals surface area (Å²) in [6.45, 7) is 6.48. The Kier molecular flexibility index (Phi) is 9.67. The Morgan fingerprint density at radius 3 is 2.48 bits per heavy atom. The maximum atomic E-state index is 13.6. The highest BCUT2D eigenvalue weighted by Crippen LogP contribution is 2.35. The summed E-state index contributed by atoms with van der Waals surface area (Å²) in [7, 11) is 0. The van der Waals surface area contributed by atoms with Gasteiger partial charge >= 0.3 is 0 Å². The first-order valence-corrected chi connectivity index (χ1v) is 15.1. The summed E-state index contributed by atoms with van der Waals surface area (Å²) in [5.41, 5.74) is 3.43. The predicted octanol–water partition coefficient (Wildman–Crippen LogP) is 7.75. The van der Waals surface area contributed by atoms with Gasteiger partial charge in [0.2, 0.25) is 0 Å². The van der Waals surface area contributed by atoms with Crippen molar-refractivity contribution in [2.45, 2.75) is 32.7 Å². The lowest BCUT2D eigenvalue weighted by molar-refractivity contribution is -0.122. The van der Waals surface area contributed by atoms with E-state index in [4.69, 9.17) is 20.8 Å². The van der Waals surface area contributed by atoms with Crippen LogP contribution in [0.5, 0.6) is 5.75 Å². The first-order valence-electron chi connectivity index (χ1n) is 13.9. The number of thioether (sulfide) groups is 1. The van der Waals surface area contributed by atoms with Gasteiger partial charge in [0.15, 0.2) is 11.8 Å². The minimum atomic E-state index is -0.328. The summed E-state index contributed by atoms with van der Waals surface area (Å²) in [4.78, 5) is 28.0. The molecule has 0 aliphatic carbocycles. The Morgan fingerprint density at radius 2 is 1.77 bits per heavy atom. The number of ether oxygens (including phenoxy) is 1. The van der Waals surface area contributed by atoms with Gasteiger partial charge < -0.3 is 14.5 Å². The van der Waals surface area contributed by atoms with Gasteiger partial charge in [-0.1, -0.05) is 74.8 Å². The lowest BCUT2D eigenvalue weighted by Gasteiger charge is -2.18. The highest BCUT2D eigenvalue weighted by atomic mass is 35.5. The van der Waals surface area contributed by atoms with Crippen LogP contribution in [0.4, 0.5) is 5.69 Å². The summed E-state index contributed by atoms with van der Waals surface area (Å²) < 4.78 is 11.3. The molecule has 0 saturated carbocycles. The van der Waals surface area contributed by atoms with Gasteiger partial charge in [0, 0.05) is 16.3 Å². The number of amides is 2. The molecule has 2 heterocycles. The minimum absolute atomic E-state index is 0.0549. The fraction of sp³-hybridized carbons (Fsp3) is 0.176. The number of furan rings is 1. The molecule has 5 rings (SSSR count). The first kappa shape index (κ1) is 30.8. The molecule has 1 aliphatic rings. The number of amidine groups is 1. The van der Waals surface area contributed by atoms with Crippen molar-refractivity contribution in [1.82, 2.24) is 4.90 Å². The number of carbonyl (C=O) groups is 2. The minimum Gasteiger partial charge on any atom is -0.483 e. The maximum Gasteiger partial charge on any atom is 0.267 e. The van der Waals surface area contributed by atoms with Gasteiger partial charge in [-0.15, -0.1) is 5.10 Å². The van der Waals surface area contributed by atoms with Crippen LogP contribution in [0.2, 0.25) is 5.02 Å². The van der Waals surface area contributed by atoms with Gasteiger partial charge in [-0.2, -0.15) is 5.10 Å². The van der Waals surface area contributed by atoms with Gasteiger partial charge in [0.05, 0.1) is 23.9 Å². The number of hydrogen-bond acceptors (Lipinski definition) is 7. The van der Waals surface area contributed by atoms with Crippen LogP contribution in [0.3, 0.4) is 0 Å². The van der Waals surface area contributed by atoms with Crippen molar-refractivity contribution in [3.8, 4) is 5.75 Å². The van der Waals surface area contributed by atoms with Crippen LogP contribution in [-0.4, -0.2) is 34.7 Å². The maximum absolute atomic E-state index is 13.6. The van der Waals surface area contributed by atoms with Crippen LogP contribution in [0.15, 0.2) is 111 Å². The number of rotatable bonds is 9. The molecule has 0 spiro atoms. The van der Waals surface area contributed by atoms with Crippen molar-refractivity contribution in [3.63, 3.8) is 0 Å². The molecule has 1 fully saturated rings. The summed E-state index contributed by atoms with van der Waals surface area (Å²) >= 11 is 7.12. The van der Waals surface area contributed by atoms with E-state index >= 15 is 0 Å².